The predicted molar refractivity (Wildman–Crippen MR) is 128 cm³/mol. The van der Waals surface area contributed by atoms with Crippen LogP contribution in [0, 0.1) is 5.41 Å². The third kappa shape index (κ3) is 4.79. The summed E-state index contributed by atoms with van der Waals surface area (Å²) in [7, 11) is 0. The molecule has 0 aliphatic heterocycles. The number of fused-ring (bicyclic) bond motifs is 3. The van der Waals surface area contributed by atoms with Crippen molar-refractivity contribution in [2.24, 2.45) is 5.41 Å². The molecule has 0 saturated heterocycles. The van der Waals surface area contributed by atoms with Crippen LogP contribution < -0.4 is 0 Å². The molecule has 8 nitrogen and oxygen atoms in total. The molecule has 0 spiro atoms. The molecular formula is C26H20F5N5O3. The Morgan fingerprint density at radius 3 is 2.33 bits per heavy atom. The number of alkyl halides is 5. The van der Waals surface area contributed by atoms with Crippen LogP contribution in [0.2, 0.25) is 0 Å². The minimum Gasteiger partial charge on any atom is -0.460 e. The topological polar surface area (TPSA) is 95.4 Å². The fraction of sp³-hybridized carbons (Fsp3) is 0.269. The number of aromatic nitrogens is 5. The normalized spacial score (nSPS) is 12.8. The van der Waals surface area contributed by atoms with Gasteiger partial charge in [-0.1, -0.05) is 24.3 Å². The summed E-state index contributed by atoms with van der Waals surface area (Å²) in [5.74, 6) is -5.60. The van der Waals surface area contributed by atoms with E-state index in [4.69, 9.17) is 9.15 Å². The molecule has 1 aromatic carbocycles. The van der Waals surface area contributed by atoms with E-state index in [2.05, 4.69) is 20.2 Å². The third-order valence-corrected chi connectivity index (χ3v) is 5.90. The molecule has 4 heterocycles. The van der Waals surface area contributed by atoms with Crippen LogP contribution in [0.3, 0.4) is 0 Å². The molecule has 4 aromatic heterocycles. The van der Waals surface area contributed by atoms with Gasteiger partial charge in [0.25, 0.3) is 5.89 Å². The number of carbonyl (C=O) groups excluding carboxylic acids is 1. The van der Waals surface area contributed by atoms with Gasteiger partial charge in [-0.3, -0.25) is 9.20 Å². The number of esters is 1. The number of carbonyl (C=O) groups is 1. The minimum absolute atomic E-state index is 0.0288. The minimum atomic E-state index is -5.87. The summed E-state index contributed by atoms with van der Waals surface area (Å²) in [6, 6.07) is 10.1. The van der Waals surface area contributed by atoms with Crippen LogP contribution in [0.5, 0.6) is 0 Å². The van der Waals surface area contributed by atoms with Crippen LogP contribution in [0.1, 0.15) is 32.0 Å². The lowest BCUT2D eigenvalue weighted by Gasteiger charge is -2.21. The fourth-order valence-corrected chi connectivity index (χ4v) is 3.81. The van der Waals surface area contributed by atoms with Gasteiger partial charge in [0.1, 0.15) is 29.3 Å². The molecule has 0 aliphatic rings. The Bertz CT molecular complexity index is 1670. The van der Waals surface area contributed by atoms with Crippen molar-refractivity contribution in [3.8, 4) is 22.7 Å². The Morgan fingerprint density at radius 1 is 1.00 bits per heavy atom. The van der Waals surface area contributed by atoms with Gasteiger partial charge in [-0.15, -0.1) is 10.2 Å². The molecular weight excluding hydrogens is 525 g/mol. The largest absolute Gasteiger partial charge is 0.460 e. The van der Waals surface area contributed by atoms with Gasteiger partial charge in [0.2, 0.25) is 6.39 Å². The molecule has 0 N–H and O–H groups in total. The molecule has 202 valence electrons. The number of nitrogens with zero attached hydrogens (tertiary/aromatic N) is 5. The average Bonchev–Trinajstić information content (AvgIpc) is 3.55. The van der Waals surface area contributed by atoms with Gasteiger partial charge in [-0.05, 0) is 55.7 Å². The van der Waals surface area contributed by atoms with E-state index in [1.54, 1.807) is 51.1 Å². The van der Waals surface area contributed by atoms with Gasteiger partial charge in [0.15, 0.2) is 0 Å². The maximum absolute atomic E-state index is 14.6. The van der Waals surface area contributed by atoms with Crippen LogP contribution >= 0.6 is 0 Å². The number of ether oxygens (including phenoxy) is 1. The second-order valence-corrected chi connectivity index (χ2v) is 9.82. The van der Waals surface area contributed by atoms with Crippen LogP contribution in [0.15, 0.2) is 59.5 Å². The lowest BCUT2D eigenvalue weighted by molar-refractivity contribution is -0.290. The Kier molecular flexibility index (Phi) is 6.11. The number of benzene rings is 1. The number of rotatable bonds is 5. The van der Waals surface area contributed by atoms with Crippen LogP contribution in [0.4, 0.5) is 22.0 Å². The van der Waals surface area contributed by atoms with E-state index < -0.39 is 29.2 Å². The molecule has 13 heteroatoms. The molecule has 0 unspecified atom stereocenters. The van der Waals surface area contributed by atoms with Gasteiger partial charge >= 0.3 is 18.1 Å². The third-order valence-electron chi connectivity index (χ3n) is 5.90. The Balaban J connectivity index is 1.64. The lowest BCUT2D eigenvalue weighted by Crippen LogP contribution is -2.34. The maximum atomic E-state index is 14.6. The molecule has 0 bridgehead atoms. The highest BCUT2D eigenvalue weighted by molar-refractivity contribution is 5.94. The fourth-order valence-electron chi connectivity index (χ4n) is 3.81. The number of pyridine rings is 2. The van der Waals surface area contributed by atoms with Crippen molar-refractivity contribution in [2.45, 2.75) is 39.5 Å². The summed E-state index contributed by atoms with van der Waals surface area (Å²) in [6.45, 7) is 5.11. The van der Waals surface area contributed by atoms with Crippen molar-refractivity contribution in [2.75, 3.05) is 0 Å². The molecule has 5 aromatic rings. The van der Waals surface area contributed by atoms with Crippen LogP contribution in [-0.4, -0.2) is 36.7 Å². The van der Waals surface area contributed by atoms with Crippen molar-refractivity contribution < 1.29 is 35.9 Å². The van der Waals surface area contributed by atoms with Crippen LogP contribution in [-0.2, 0) is 22.1 Å². The molecule has 0 amide bonds. The number of hydrogen-bond donors (Lipinski definition) is 0. The predicted octanol–water partition coefficient (Wildman–Crippen LogP) is 6.34. The smallest absolute Gasteiger partial charge is 0.459 e. The van der Waals surface area contributed by atoms with Gasteiger partial charge in [0, 0.05) is 11.6 Å². The Hall–Kier alpha value is -4.42. The second-order valence-electron chi connectivity index (χ2n) is 9.82. The molecule has 0 radical (unpaired) electrons. The summed E-state index contributed by atoms with van der Waals surface area (Å²) in [5.41, 5.74) is -0.888. The average molecular weight is 545 g/mol. The first-order valence-corrected chi connectivity index (χ1v) is 11.6. The number of imidazole rings is 1. The lowest BCUT2D eigenvalue weighted by atomic mass is 9.97. The zero-order valence-corrected chi connectivity index (χ0v) is 20.8. The van der Waals surface area contributed by atoms with Crippen molar-refractivity contribution in [3.63, 3.8) is 0 Å². The van der Waals surface area contributed by atoms with Gasteiger partial charge in [-0.25, -0.2) is 9.97 Å². The summed E-state index contributed by atoms with van der Waals surface area (Å²) >= 11 is 0. The van der Waals surface area contributed by atoms with Crippen molar-refractivity contribution >= 4 is 22.6 Å². The molecule has 0 aliphatic carbocycles. The van der Waals surface area contributed by atoms with Crippen molar-refractivity contribution in [1.82, 2.24) is 24.6 Å². The standard InChI is InChI=1S/C26H20F5N5O3/c1-24(2,3)23(37)38-12-14-4-6-15(7-5-14)17-10-19(25(27,28)26(29,30)31)34-21-16(17)8-9-20-33-18(11-36(20)21)22-35-32-13-39-22/h4-11,13H,12H2,1-3H3. The van der Waals surface area contributed by atoms with E-state index in [0.29, 0.717) is 16.5 Å². The van der Waals surface area contributed by atoms with E-state index in [1.807, 2.05) is 0 Å². The van der Waals surface area contributed by atoms with E-state index in [0.717, 1.165) is 12.5 Å². The molecule has 39 heavy (non-hydrogen) atoms. The monoisotopic (exact) mass is 545 g/mol. The quantitative estimate of drug-likeness (QED) is 0.188. The maximum Gasteiger partial charge on any atom is 0.459 e. The highest BCUT2D eigenvalue weighted by Crippen LogP contribution is 2.45. The summed E-state index contributed by atoms with van der Waals surface area (Å²) in [5, 5.41) is 7.61. The van der Waals surface area contributed by atoms with Gasteiger partial charge < -0.3 is 9.15 Å². The highest BCUT2D eigenvalue weighted by Gasteiger charge is 2.60. The van der Waals surface area contributed by atoms with E-state index in [1.165, 1.54) is 16.7 Å². The summed E-state index contributed by atoms with van der Waals surface area (Å²) in [4.78, 5) is 20.1. The molecule has 0 atom stereocenters. The molecule has 0 fully saturated rings. The first kappa shape index (κ1) is 26.2. The van der Waals surface area contributed by atoms with Crippen molar-refractivity contribution in [3.05, 3.63) is 66.3 Å². The zero-order chi connectivity index (χ0) is 28.2. The number of hydrogen-bond acceptors (Lipinski definition) is 7. The molecule has 0 saturated carbocycles. The van der Waals surface area contributed by atoms with E-state index in [-0.39, 0.29) is 35.0 Å². The highest BCUT2D eigenvalue weighted by atomic mass is 19.4. The SMILES string of the molecule is CC(C)(C)C(=O)OCc1ccc(-c2cc(C(F)(F)C(F)(F)F)nc3c2ccc2nc(-c4nnco4)cn23)cc1. The van der Waals surface area contributed by atoms with Gasteiger partial charge in [0.05, 0.1) is 5.41 Å². The number of halogens is 5. The first-order valence-electron chi connectivity index (χ1n) is 11.6. The summed E-state index contributed by atoms with van der Waals surface area (Å²) in [6.07, 6.45) is -3.43. The zero-order valence-electron chi connectivity index (χ0n) is 20.8. The first-order chi connectivity index (χ1) is 18.3. The van der Waals surface area contributed by atoms with E-state index in [9.17, 15) is 26.7 Å². The Morgan fingerprint density at radius 2 is 1.72 bits per heavy atom. The van der Waals surface area contributed by atoms with E-state index >= 15 is 0 Å². The second kappa shape index (κ2) is 9.10. The summed E-state index contributed by atoms with van der Waals surface area (Å²) < 4.78 is 80.9. The molecule has 5 rings (SSSR count). The van der Waals surface area contributed by atoms with Gasteiger partial charge in [-0.2, -0.15) is 22.0 Å². The van der Waals surface area contributed by atoms with Crippen molar-refractivity contribution in [1.29, 1.82) is 0 Å². The van der Waals surface area contributed by atoms with Crippen LogP contribution in [0.25, 0.3) is 39.4 Å². The Labute approximate surface area is 217 Å².